The molecule has 1 aliphatic heterocycles. The lowest BCUT2D eigenvalue weighted by Gasteiger charge is -2.26. The Kier molecular flexibility index (Phi) is 7.15. The van der Waals surface area contributed by atoms with Gasteiger partial charge in [-0.15, -0.1) is 0 Å². The van der Waals surface area contributed by atoms with E-state index in [-0.39, 0.29) is 11.6 Å². The number of benzene rings is 2. The molecule has 2 aromatic carbocycles. The standard InChI is InChI=1S/C21H25N3O5/c1-16-5-6-18(24(26)27)14-20(16)21(25)22-15-17-3-2-4-19(13-17)29-12-9-23-7-10-28-11-8-23/h2-6,13-14H,7-12,15H2,1H3,(H,22,25). The number of nitro groups is 1. The van der Waals surface area contributed by atoms with Crippen LogP contribution in [-0.2, 0) is 11.3 Å². The minimum Gasteiger partial charge on any atom is -0.492 e. The van der Waals surface area contributed by atoms with E-state index in [1.54, 1.807) is 13.0 Å². The molecule has 3 rings (SSSR count). The molecular formula is C21H25N3O5. The number of hydrogen-bond donors (Lipinski definition) is 1. The van der Waals surface area contributed by atoms with Crippen LogP contribution in [0.2, 0.25) is 0 Å². The highest BCUT2D eigenvalue weighted by Crippen LogP contribution is 2.18. The van der Waals surface area contributed by atoms with E-state index in [1.807, 2.05) is 24.3 Å². The Morgan fingerprint density at radius 1 is 1.24 bits per heavy atom. The third kappa shape index (κ3) is 6.00. The van der Waals surface area contributed by atoms with Crippen LogP contribution in [0, 0.1) is 17.0 Å². The largest absolute Gasteiger partial charge is 0.492 e. The van der Waals surface area contributed by atoms with Crippen molar-refractivity contribution in [3.05, 3.63) is 69.3 Å². The van der Waals surface area contributed by atoms with E-state index in [0.29, 0.717) is 24.3 Å². The Balaban J connectivity index is 1.53. The third-order valence-electron chi connectivity index (χ3n) is 4.81. The molecule has 8 nitrogen and oxygen atoms in total. The van der Waals surface area contributed by atoms with Gasteiger partial charge in [0.1, 0.15) is 12.4 Å². The van der Waals surface area contributed by atoms with Crippen LogP contribution < -0.4 is 10.1 Å². The predicted molar refractivity (Wildman–Crippen MR) is 108 cm³/mol. The number of nitrogens with one attached hydrogen (secondary N) is 1. The summed E-state index contributed by atoms with van der Waals surface area (Å²) in [6, 6.07) is 11.8. The lowest BCUT2D eigenvalue weighted by Crippen LogP contribution is -2.38. The Morgan fingerprint density at radius 3 is 2.79 bits per heavy atom. The number of non-ortho nitro benzene ring substituents is 1. The Morgan fingerprint density at radius 2 is 2.03 bits per heavy atom. The van der Waals surface area contributed by atoms with Gasteiger partial charge in [-0.2, -0.15) is 0 Å². The maximum atomic E-state index is 12.5. The molecule has 0 unspecified atom stereocenters. The summed E-state index contributed by atoms with van der Waals surface area (Å²) in [5, 5.41) is 13.8. The Labute approximate surface area is 169 Å². The fourth-order valence-corrected chi connectivity index (χ4v) is 3.11. The van der Waals surface area contributed by atoms with Gasteiger partial charge in [0.25, 0.3) is 11.6 Å². The van der Waals surface area contributed by atoms with E-state index in [4.69, 9.17) is 9.47 Å². The van der Waals surface area contributed by atoms with E-state index >= 15 is 0 Å². The SMILES string of the molecule is Cc1ccc([N+](=O)[O-])cc1C(=O)NCc1cccc(OCCN2CCOCC2)c1. The molecule has 1 N–H and O–H groups in total. The van der Waals surface area contributed by atoms with Crippen molar-refractivity contribution < 1.29 is 19.2 Å². The average molecular weight is 399 g/mol. The van der Waals surface area contributed by atoms with Crippen molar-refractivity contribution >= 4 is 11.6 Å². The molecule has 154 valence electrons. The van der Waals surface area contributed by atoms with Gasteiger partial charge < -0.3 is 14.8 Å². The number of morpholine rings is 1. The summed E-state index contributed by atoms with van der Waals surface area (Å²) in [6.45, 7) is 6.86. The zero-order valence-electron chi connectivity index (χ0n) is 16.4. The number of nitrogens with zero attached hydrogens (tertiary/aromatic N) is 2. The molecule has 1 saturated heterocycles. The molecule has 0 spiro atoms. The van der Waals surface area contributed by atoms with Gasteiger partial charge in [0.2, 0.25) is 0 Å². The van der Waals surface area contributed by atoms with Crippen LogP contribution in [0.4, 0.5) is 5.69 Å². The van der Waals surface area contributed by atoms with E-state index in [2.05, 4.69) is 10.2 Å². The molecule has 1 heterocycles. The molecule has 1 amide bonds. The first-order valence-electron chi connectivity index (χ1n) is 9.58. The monoisotopic (exact) mass is 399 g/mol. The minimum absolute atomic E-state index is 0.101. The number of carbonyl (C=O) groups excluding carboxylic acids is 1. The lowest BCUT2D eigenvalue weighted by molar-refractivity contribution is -0.384. The van der Waals surface area contributed by atoms with Crippen molar-refractivity contribution in [2.24, 2.45) is 0 Å². The normalized spacial score (nSPS) is 14.4. The van der Waals surface area contributed by atoms with Gasteiger partial charge in [0, 0.05) is 43.9 Å². The fourth-order valence-electron chi connectivity index (χ4n) is 3.11. The van der Waals surface area contributed by atoms with Gasteiger partial charge >= 0.3 is 0 Å². The highest BCUT2D eigenvalue weighted by molar-refractivity contribution is 5.96. The topological polar surface area (TPSA) is 93.9 Å². The summed E-state index contributed by atoms with van der Waals surface area (Å²) < 4.78 is 11.2. The second-order valence-corrected chi connectivity index (χ2v) is 6.89. The van der Waals surface area contributed by atoms with Crippen molar-refractivity contribution in [1.29, 1.82) is 0 Å². The summed E-state index contributed by atoms with van der Waals surface area (Å²) in [7, 11) is 0. The second-order valence-electron chi connectivity index (χ2n) is 6.89. The van der Waals surface area contributed by atoms with Crippen molar-refractivity contribution in [3.8, 4) is 5.75 Å². The number of ether oxygens (including phenoxy) is 2. The van der Waals surface area contributed by atoms with Gasteiger partial charge in [-0.3, -0.25) is 19.8 Å². The number of rotatable bonds is 8. The maximum absolute atomic E-state index is 12.5. The molecule has 0 radical (unpaired) electrons. The number of nitro benzene ring substituents is 1. The summed E-state index contributed by atoms with van der Waals surface area (Å²) in [6.07, 6.45) is 0. The van der Waals surface area contributed by atoms with Crippen LogP contribution in [-0.4, -0.2) is 55.2 Å². The summed E-state index contributed by atoms with van der Waals surface area (Å²) in [5.41, 5.74) is 1.78. The van der Waals surface area contributed by atoms with E-state index in [9.17, 15) is 14.9 Å². The van der Waals surface area contributed by atoms with Crippen molar-refractivity contribution in [1.82, 2.24) is 10.2 Å². The summed E-state index contributed by atoms with van der Waals surface area (Å²) >= 11 is 0. The van der Waals surface area contributed by atoms with E-state index in [1.165, 1.54) is 12.1 Å². The molecule has 0 aliphatic carbocycles. The third-order valence-corrected chi connectivity index (χ3v) is 4.81. The van der Waals surface area contributed by atoms with Gasteiger partial charge in [-0.1, -0.05) is 18.2 Å². The first kappa shape index (κ1) is 20.8. The smallest absolute Gasteiger partial charge is 0.270 e. The zero-order valence-corrected chi connectivity index (χ0v) is 16.4. The number of hydrogen-bond acceptors (Lipinski definition) is 6. The molecule has 2 aromatic rings. The molecule has 29 heavy (non-hydrogen) atoms. The molecule has 1 aliphatic rings. The molecule has 0 aromatic heterocycles. The van der Waals surface area contributed by atoms with Crippen LogP contribution in [0.15, 0.2) is 42.5 Å². The lowest BCUT2D eigenvalue weighted by atomic mass is 10.1. The number of aryl methyl sites for hydroxylation is 1. The molecule has 0 saturated carbocycles. The van der Waals surface area contributed by atoms with Crippen molar-refractivity contribution in [2.45, 2.75) is 13.5 Å². The van der Waals surface area contributed by atoms with Crippen LogP contribution in [0.25, 0.3) is 0 Å². The first-order valence-corrected chi connectivity index (χ1v) is 9.58. The molecule has 0 atom stereocenters. The van der Waals surface area contributed by atoms with E-state index in [0.717, 1.165) is 44.2 Å². The van der Waals surface area contributed by atoms with Crippen molar-refractivity contribution in [3.63, 3.8) is 0 Å². The summed E-state index contributed by atoms with van der Waals surface area (Å²) in [4.78, 5) is 25.2. The number of amides is 1. The second kappa shape index (κ2) is 9.99. The maximum Gasteiger partial charge on any atom is 0.270 e. The van der Waals surface area contributed by atoms with Crippen LogP contribution in [0.1, 0.15) is 21.5 Å². The zero-order chi connectivity index (χ0) is 20.6. The molecule has 1 fully saturated rings. The van der Waals surface area contributed by atoms with Crippen LogP contribution in [0.5, 0.6) is 5.75 Å². The van der Waals surface area contributed by atoms with Gasteiger partial charge in [0.15, 0.2) is 0 Å². The van der Waals surface area contributed by atoms with Crippen molar-refractivity contribution in [2.75, 3.05) is 39.5 Å². The van der Waals surface area contributed by atoms with Gasteiger partial charge in [-0.05, 0) is 30.2 Å². The minimum atomic E-state index is -0.506. The van der Waals surface area contributed by atoms with Crippen LogP contribution >= 0.6 is 0 Å². The first-order chi connectivity index (χ1) is 14.0. The van der Waals surface area contributed by atoms with Gasteiger partial charge in [0.05, 0.1) is 18.1 Å². The molecule has 0 bridgehead atoms. The van der Waals surface area contributed by atoms with E-state index < -0.39 is 4.92 Å². The highest BCUT2D eigenvalue weighted by Gasteiger charge is 2.14. The Hall–Kier alpha value is -2.97. The highest BCUT2D eigenvalue weighted by atomic mass is 16.6. The number of carbonyl (C=O) groups is 1. The van der Waals surface area contributed by atoms with Crippen LogP contribution in [0.3, 0.4) is 0 Å². The predicted octanol–water partition coefficient (Wildman–Crippen LogP) is 2.54. The molecule has 8 heteroatoms. The Bertz CT molecular complexity index is 865. The summed E-state index contributed by atoms with van der Waals surface area (Å²) in [5.74, 6) is 0.404. The molecular weight excluding hydrogens is 374 g/mol. The fraction of sp³-hybridized carbons (Fsp3) is 0.381. The quantitative estimate of drug-likeness (QED) is 0.542. The van der Waals surface area contributed by atoms with Gasteiger partial charge in [-0.25, -0.2) is 0 Å². The average Bonchev–Trinajstić information content (AvgIpc) is 2.73.